The summed E-state index contributed by atoms with van der Waals surface area (Å²) in [4.78, 5) is 10.8. The van der Waals surface area contributed by atoms with Gasteiger partial charge in [-0.25, -0.2) is 4.79 Å². The zero-order valence-electron chi connectivity index (χ0n) is 9.26. The molecule has 0 saturated heterocycles. The lowest BCUT2D eigenvalue weighted by Crippen LogP contribution is -2.47. The summed E-state index contributed by atoms with van der Waals surface area (Å²) in [6.07, 6.45) is -5.01. The average molecular weight is 348 g/mol. The molecular weight excluding hydrogens is 343 g/mol. The van der Waals surface area contributed by atoms with Crippen LogP contribution in [0.2, 0.25) is 0 Å². The summed E-state index contributed by atoms with van der Waals surface area (Å²) in [5.74, 6) is -1.58. The van der Waals surface area contributed by atoms with Crippen LogP contribution < -0.4 is 4.74 Å². The molecule has 9 heteroatoms. The van der Waals surface area contributed by atoms with Gasteiger partial charge in [-0.15, -0.1) is 0 Å². The number of alkyl halides is 4. The Kier molecular flexibility index (Phi) is 3.60. The van der Waals surface area contributed by atoms with Gasteiger partial charge in [0, 0.05) is 5.56 Å². The standard InChI is InChI=1S/C11H4Cl3F3O3/c12-7-5-3-4(9(18)19)1-2-6(5)20-10(14,8(7)13)11(15,16)17/h1-3H,(H,18,19). The van der Waals surface area contributed by atoms with Gasteiger partial charge in [0.15, 0.2) is 0 Å². The maximum Gasteiger partial charge on any atom is 0.449 e. The van der Waals surface area contributed by atoms with Crippen molar-refractivity contribution in [3.8, 4) is 5.75 Å². The van der Waals surface area contributed by atoms with Crippen molar-refractivity contribution >= 4 is 45.8 Å². The molecule has 1 unspecified atom stereocenters. The third-order valence-corrected chi connectivity index (χ3v) is 4.07. The molecule has 3 nitrogen and oxygen atoms in total. The quantitative estimate of drug-likeness (QED) is 0.765. The number of carboxylic acids is 1. The first-order chi connectivity index (χ1) is 9.08. The highest BCUT2D eigenvalue weighted by Gasteiger charge is 2.61. The molecule has 0 aromatic heterocycles. The van der Waals surface area contributed by atoms with E-state index in [0.29, 0.717) is 0 Å². The maximum atomic E-state index is 12.9. The molecule has 1 aromatic rings. The van der Waals surface area contributed by atoms with Crippen molar-refractivity contribution in [3.63, 3.8) is 0 Å². The predicted octanol–water partition coefficient (Wildman–Crippen LogP) is 4.42. The SMILES string of the molecule is O=C(O)c1ccc2c(c1)C(Cl)=C(Cl)C(Cl)(C(F)(F)F)O2. The van der Waals surface area contributed by atoms with Gasteiger partial charge in [-0.05, 0) is 18.2 Å². The molecule has 0 saturated carbocycles. The summed E-state index contributed by atoms with van der Waals surface area (Å²) >= 11 is 16.7. The number of aromatic carboxylic acids is 1. The van der Waals surface area contributed by atoms with E-state index in [2.05, 4.69) is 4.74 Å². The second-order valence-corrected chi connectivity index (χ2v) is 5.13. The van der Waals surface area contributed by atoms with Crippen LogP contribution in [0.1, 0.15) is 15.9 Å². The van der Waals surface area contributed by atoms with Gasteiger partial charge >= 0.3 is 17.2 Å². The molecule has 1 N–H and O–H groups in total. The Morgan fingerprint density at radius 3 is 2.40 bits per heavy atom. The fraction of sp³-hybridized carbons (Fsp3) is 0.182. The van der Waals surface area contributed by atoms with Crippen LogP contribution in [0.3, 0.4) is 0 Å². The van der Waals surface area contributed by atoms with Crippen LogP contribution in [-0.4, -0.2) is 22.3 Å². The van der Waals surface area contributed by atoms with E-state index in [4.69, 9.17) is 39.9 Å². The Morgan fingerprint density at radius 1 is 1.30 bits per heavy atom. The van der Waals surface area contributed by atoms with Gasteiger partial charge < -0.3 is 9.84 Å². The van der Waals surface area contributed by atoms with Crippen molar-refractivity contribution in [3.05, 3.63) is 34.4 Å². The highest BCUT2D eigenvalue weighted by molar-refractivity contribution is 6.57. The van der Waals surface area contributed by atoms with Gasteiger partial charge in [0.1, 0.15) is 10.8 Å². The fourth-order valence-corrected chi connectivity index (χ4v) is 2.32. The van der Waals surface area contributed by atoms with E-state index in [1.54, 1.807) is 0 Å². The summed E-state index contributed by atoms with van der Waals surface area (Å²) < 4.78 is 43.4. The predicted molar refractivity (Wildman–Crippen MR) is 67.3 cm³/mol. The van der Waals surface area contributed by atoms with Gasteiger partial charge in [0.25, 0.3) is 0 Å². The first-order valence-corrected chi connectivity index (χ1v) is 6.09. The van der Waals surface area contributed by atoms with E-state index >= 15 is 0 Å². The van der Waals surface area contributed by atoms with Crippen molar-refractivity contribution in [2.75, 3.05) is 0 Å². The molecule has 0 radical (unpaired) electrons. The molecule has 1 atom stereocenters. The zero-order valence-corrected chi connectivity index (χ0v) is 11.5. The lowest BCUT2D eigenvalue weighted by atomic mass is 10.1. The minimum atomic E-state index is -5.01. The minimum Gasteiger partial charge on any atom is -0.478 e. The van der Waals surface area contributed by atoms with Crippen LogP contribution in [0.15, 0.2) is 23.2 Å². The van der Waals surface area contributed by atoms with Gasteiger partial charge in [-0.2, -0.15) is 13.2 Å². The van der Waals surface area contributed by atoms with Crippen molar-refractivity contribution in [1.29, 1.82) is 0 Å². The lowest BCUT2D eigenvalue weighted by Gasteiger charge is -2.34. The van der Waals surface area contributed by atoms with Crippen LogP contribution in [-0.2, 0) is 0 Å². The Bertz CT molecular complexity index is 627. The number of ether oxygens (including phenoxy) is 1. The van der Waals surface area contributed by atoms with Crippen molar-refractivity contribution in [2.45, 2.75) is 11.2 Å². The van der Waals surface area contributed by atoms with E-state index in [1.807, 2.05) is 0 Å². The monoisotopic (exact) mass is 346 g/mol. The van der Waals surface area contributed by atoms with Crippen LogP contribution in [0, 0.1) is 0 Å². The number of hydrogen-bond acceptors (Lipinski definition) is 2. The minimum absolute atomic E-state index is 0.0721. The molecule has 1 heterocycles. The number of rotatable bonds is 1. The largest absolute Gasteiger partial charge is 0.478 e. The molecule has 0 fully saturated rings. The highest BCUT2D eigenvalue weighted by Crippen LogP contribution is 2.53. The third kappa shape index (κ3) is 2.21. The molecule has 0 bridgehead atoms. The number of carboxylic acid groups (broad SMARTS) is 1. The second-order valence-electron chi connectivity index (χ2n) is 3.84. The molecule has 108 valence electrons. The highest BCUT2D eigenvalue weighted by atomic mass is 35.5. The summed E-state index contributed by atoms with van der Waals surface area (Å²) in [6, 6.07) is 3.15. The van der Waals surface area contributed by atoms with Gasteiger partial charge in [0.05, 0.1) is 10.6 Å². The molecule has 0 aliphatic carbocycles. The third-order valence-electron chi connectivity index (χ3n) is 2.55. The van der Waals surface area contributed by atoms with E-state index < -0.39 is 27.3 Å². The molecule has 2 rings (SSSR count). The van der Waals surface area contributed by atoms with Crippen molar-refractivity contribution in [2.24, 2.45) is 0 Å². The van der Waals surface area contributed by atoms with E-state index in [-0.39, 0.29) is 16.9 Å². The van der Waals surface area contributed by atoms with Crippen LogP contribution in [0.4, 0.5) is 13.2 Å². The summed E-state index contributed by atoms with van der Waals surface area (Å²) in [7, 11) is 0. The number of halogens is 6. The summed E-state index contributed by atoms with van der Waals surface area (Å²) in [6.45, 7) is 0. The van der Waals surface area contributed by atoms with E-state index in [0.717, 1.165) is 18.2 Å². The fourth-order valence-electron chi connectivity index (χ4n) is 1.56. The lowest BCUT2D eigenvalue weighted by molar-refractivity contribution is -0.199. The van der Waals surface area contributed by atoms with Crippen LogP contribution >= 0.6 is 34.8 Å². The number of carbonyl (C=O) groups is 1. The maximum absolute atomic E-state index is 12.9. The molecule has 1 aliphatic heterocycles. The van der Waals surface area contributed by atoms with Crippen LogP contribution in [0.5, 0.6) is 5.75 Å². The summed E-state index contributed by atoms with van der Waals surface area (Å²) in [5, 5.41) is 4.06. The first-order valence-electron chi connectivity index (χ1n) is 4.96. The Balaban J connectivity index is 2.64. The Labute approximate surface area is 125 Å². The molecule has 1 aromatic carbocycles. The number of benzene rings is 1. The Morgan fingerprint density at radius 2 is 1.90 bits per heavy atom. The molecule has 20 heavy (non-hydrogen) atoms. The molecular formula is C11H4Cl3F3O3. The van der Waals surface area contributed by atoms with Gasteiger partial charge in [0.2, 0.25) is 0 Å². The second kappa shape index (κ2) is 4.72. The van der Waals surface area contributed by atoms with E-state index in [9.17, 15) is 18.0 Å². The zero-order chi connectivity index (χ0) is 15.3. The number of hydrogen-bond donors (Lipinski definition) is 1. The average Bonchev–Trinajstić information content (AvgIpc) is 2.34. The molecule has 0 spiro atoms. The first kappa shape index (κ1) is 15.3. The molecule has 0 amide bonds. The van der Waals surface area contributed by atoms with Gasteiger partial charge in [-0.3, -0.25) is 0 Å². The van der Waals surface area contributed by atoms with Gasteiger partial charge in [-0.1, -0.05) is 34.8 Å². The van der Waals surface area contributed by atoms with Crippen molar-refractivity contribution < 1.29 is 27.8 Å². The smallest absolute Gasteiger partial charge is 0.449 e. The Hall–Kier alpha value is -1.11. The number of fused-ring (bicyclic) bond motifs is 1. The van der Waals surface area contributed by atoms with Crippen LogP contribution in [0.25, 0.3) is 5.03 Å². The van der Waals surface area contributed by atoms with Crippen molar-refractivity contribution in [1.82, 2.24) is 0 Å². The topological polar surface area (TPSA) is 46.5 Å². The van der Waals surface area contributed by atoms with E-state index in [1.165, 1.54) is 0 Å². The normalized spacial score (nSPS) is 22.3. The summed E-state index contributed by atoms with van der Waals surface area (Å²) in [5.41, 5.74) is -0.249. The molecule has 1 aliphatic rings.